The van der Waals surface area contributed by atoms with Crippen molar-refractivity contribution in [3.63, 3.8) is 0 Å². The van der Waals surface area contributed by atoms with Crippen LogP contribution < -0.4 is 5.32 Å². The molecule has 2 nitrogen and oxygen atoms in total. The van der Waals surface area contributed by atoms with Crippen LogP contribution in [0.5, 0.6) is 0 Å². The van der Waals surface area contributed by atoms with Gasteiger partial charge in [-0.1, -0.05) is 6.58 Å². The highest BCUT2D eigenvalue weighted by Gasteiger charge is 2.16. The minimum Gasteiger partial charge on any atom is -0.362 e. The molecule has 0 saturated carbocycles. The van der Waals surface area contributed by atoms with Gasteiger partial charge in [0.25, 0.3) is 0 Å². The van der Waals surface area contributed by atoms with Crippen LogP contribution in [-0.4, -0.2) is 24.7 Å². The van der Waals surface area contributed by atoms with Gasteiger partial charge < -0.3 is 4.90 Å². The summed E-state index contributed by atoms with van der Waals surface area (Å²) in [7, 11) is 2.05. The summed E-state index contributed by atoms with van der Waals surface area (Å²) in [5, 5.41) is 3.25. The van der Waals surface area contributed by atoms with Gasteiger partial charge in [-0.3, -0.25) is 5.32 Å². The van der Waals surface area contributed by atoms with Crippen LogP contribution in [0.2, 0.25) is 0 Å². The largest absolute Gasteiger partial charge is 0.362 e. The second kappa shape index (κ2) is 1.78. The summed E-state index contributed by atoms with van der Waals surface area (Å²) in [6, 6.07) is 0. The van der Waals surface area contributed by atoms with Gasteiger partial charge in [0.05, 0.1) is 6.17 Å². The zero-order chi connectivity index (χ0) is 6.15. The molecule has 0 aliphatic carbocycles. The molecule has 0 aromatic rings. The summed E-state index contributed by atoms with van der Waals surface area (Å²) >= 11 is 0. The van der Waals surface area contributed by atoms with E-state index in [2.05, 4.69) is 23.7 Å². The molecule has 1 atom stereocenters. The molecule has 0 aromatic carbocycles. The van der Waals surface area contributed by atoms with Crippen molar-refractivity contribution in [1.82, 2.24) is 10.2 Å². The van der Waals surface area contributed by atoms with E-state index in [1.807, 2.05) is 7.05 Å². The van der Waals surface area contributed by atoms with Crippen molar-refractivity contribution in [1.29, 1.82) is 0 Å². The Hall–Kier alpha value is -0.500. The molecule has 0 radical (unpaired) electrons. The van der Waals surface area contributed by atoms with E-state index < -0.39 is 0 Å². The van der Waals surface area contributed by atoms with E-state index >= 15 is 0 Å². The molecular weight excluding hydrogens is 100 g/mol. The minimum absolute atomic E-state index is 0.475. The van der Waals surface area contributed by atoms with Gasteiger partial charge in [0.15, 0.2) is 0 Å². The predicted molar refractivity (Wildman–Crippen MR) is 34.4 cm³/mol. The predicted octanol–water partition coefficient (Wildman–Crippen LogP) is 0.381. The molecule has 46 valence electrons. The second-order valence-electron chi connectivity index (χ2n) is 2.23. The molecule has 1 fully saturated rings. The Balaban J connectivity index is 2.56. The minimum atomic E-state index is 0.475. The molecule has 0 amide bonds. The van der Waals surface area contributed by atoms with Crippen LogP contribution in [0.1, 0.15) is 6.92 Å². The number of likely N-dealkylation sites (N-methyl/N-ethyl adjacent to an activating group) is 1. The molecule has 0 aromatic heterocycles. The quantitative estimate of drug-likeness (QED) is 0.487. The van der Waals surface area contributed by atoms with Gasteiger partial charge >= 0.3 is 0 Å². The molecule has 1 aliphatic heterocycles. The molecule has 8 heavy (non-hydrogen) atoms. The van der Waals surface area contributed by atoms with E-state index in [0.29, 0.717) is 6.17 Å². The summed E-state index contributed by atoms with van der Waals surface area (Å²) in [5.41, 5.74) is 1.18. The normalized spacial score (nSPS) is 29.5. The maximum atomic E-state index is 3.85. The fourth-order valence-corrected chi connectivity index (χ4v) is 0.801. The molecule has 0 bridgehead atoms. The first-order valence-corrected chi connectivity index (χ1v) is 2.86. The van der Waals surface area contributed by atoms with E-state index in [0.717, 1.165) is 6.54 Å². The fraction of sp³-hybridized carbons (Fsp3) is 0.667. The smallest absolute Gasteiger partial charge is 0.0764 e. The molecule has 1 heterocycles. The summed E-state index contributed by atoms with van der Waals surface area (Å²) in [6.45, 7) is 6.91. The highest BCUT2D eigenvalue weighted by molar-refractivity contribution is 5.02. The summed E-state index contributed by atoms with van der Waals surface area (Å²) in [6.07, 6.45) is 0.475. The first-order valence-electron chi connectivity index (χ1n) is 2.86. The van der Waals surface area contributed by atoms with Crippen molar-refractivity contribution in [2.75, 3.05) is 13.6 Å². The molecule has 1 unspecified atom stereocenters. The Kier molecular flexibility index (Phi) is 1.26. The number of hydrogen-bond acceptors (Lipinski definition) is 2. The molecule has 2 heteroatoms. The summed E-state index contributed by atoms with van der Waals surface area (Å²) in [4.78, 5) is 2.14. The maximum absolute atomic E-state index is 3.85. The number of nitrogens with zero attached hydrogens (tertiary/aromatic N) is 1. The molecule has 1 saturated heterocycles. The van der Waals surface area contributed by atoms with E-state index in [1.165, 1.54) is 5.70 Å². The van der Waals surface area contributed by atoms with Gasteiger partial charge in [-0.05, 0) is 6.92 Å². The summed E-state index contributed by atoms with van der Waals surface area (Å²) in [5.74, 6) is 0. The van der Waals surface area contributed by atoms with Crippen LogP contribution in [0.3, 0.4) is 0 Å². The molecule has 1 N–H and O–H groups in total. The van der Waals surface area contributed by atoms with Crippen molar-refractivity contribution in [3.8, 4) is 0 Å². The van der Waals surface area contributed by atoms with E-state index in [-0.39, 0.29) is 0 Å². The van der Waals surface area contributed by atoms with Gasteiger partial charge in [-0.2, -0.15) is 0 Å². The molecule has 1 aliphatic rings. The van der Waals surface area contributed by atoms with Crippen molar-refractivity contribution in [3.05, 3.63) is 12.3 Å². The average molecular weight is 112 g/mol. The van der Waals surface area contributed by atoms with Gasteiger partial charge in [0.2, 0.25) is 0 Å². The number of nitrogens with one attached hydrogen (secondary N) is 1. The third-order valence-electron chi connectivity index (χ3n) is 1.68. The van der Waals surface area contributed by atoms with Crippen molar-refractivity contribution in [2.45, 2.75) is 13.1 Å². The average Bonchev–Trinajstić information content (AvgIpc) is 1.98. The second-order valence-corrected chi connectivity index (χ2v) is 2.23. The van der Waals surface area contributed by atoms with Crippen LogP contribution >= 0.6 is 0 Å². The van der Waals surface area contributed by atoms with Gasteiger partial charge in [-0.25, -0.2) is 0 Å². The Morgan fingerprint density at radius 3 is 2.62 bits per heavy atom. The Morgan fingerprint density at radius 2 is 2.50 bits per heavy atom. The Labute approximate surface area is 50.2 Å². The lowest BCUT2D eigenvalue weighted by atomic mass is 10.5. The zero-order valence-corrected chi connectivity index (χ0v) is 5.44. The Bertz CT molecular complexity index is 109. The topological polar surface area (TPSA) is 15.3 Å². The van der Waals surface area contributed by atoms with Crippen molar-refractivity contribution in [2.24, 2.45) is 0 Å². The van der Waals surface area contributed by atoms with Gasteiger partial charge in [0.1, 0.15) is 0 Å². The lowest BCUT2D eigenvalue weighted by Crippen LogP contribution is -2.28. The first kappa shape index (κ1) is 5.63. The van der Waals surface area contributed by atoms with E-state index in [1.54, 1.807) is 0 Å². The maximum Gasteiger partial charge on any atom is 0.0764 e. The van der Waals surface area contributed by atoms with Gasteiger partial charge in [0, 0.05) is 19.3 Å². The van der Waals surface area contributed by atoms with Crippen LogP contribution in [-0.2, 0) is 0 Å². The van der Waals surface area contributed by atoms with Crippen LogP contribution in [0.4, 0.5) is 0 Å². The van der Waals surface area contributed by atoms with E-state index in [4.69, 9.17) is 0 Å². The highest BCUT2D eigenvalue weighted by Crippen LogP contribution is 2.07. The lowest BCUT2D eigenvalue weighted by Gasteiger charge is -2.16. The fourth-order valence-electron chi connectivity index (χ4n) is 0.801. The van der Waals surface area contributed by atoms with Crippen LogP contribution in [0, 0.1) is 0 Å². The highest BCUT2D eigenvalue weighted by atomic mass is 15.3. The lowest BCUT2D eigenvalue weighted by molar-refractivity contribution is 0.354. The van der Waals surface area contributed by atoms with E-state index in [9.17, 15) is 0 Å². The zero-order valence-electron chi connectivity index (χ0n) is 5.44. The first-order chi connectivity index (χ1) is 3.72. The van der Waals surface area contributed by atoms with Crippen LogP contribution in [0.25, 0.3) is 0 Å². The number of rotatable bonds is 0. The van der Waals surface area contributed by atoms with Gasteiger partial charge in [-0.15, -0.1) is 0 Å². The number of hydrogen-bond donors (Lipinski definition) is 1. The van der Waals surface area contributed by atoms with Crippen LogP contribution in [0.15, 0.2) is 12.3 Å². The molecular formula is C6H12N2. The Morgan fingerprint density at radius 1 is 1.88 bits per heavy atom. The monoisotopic (exact) mass is 112 g/mol. The third kappa shape index (κ3) is 0.713. The summed E-state index contributed by atoms with van der Waals surface area (Å²) < 4.78 is 0. The standard InChI is InChI=1S/C6H12N2/c1-5-4-7-6(2)8(5)3/h6-7H,1,4H2,2-3H3. The molecule has 1 rings (SSSR count). The van der Waals surface area contributed by atoms with Crippen molar-refractivity contribution < 1.29 is 0 Å². The SMILES string of the molecule is C=C1CNC(C)N1C. The third-order valence-corrected chi connectivity index (χ3v) is 1.68. The molecule has 0 spiro atoms. The van der Waals surface area contributed by atoms with Crippen molar-refractivity contribution >= 4 is 0 Å².